The number of amides is 4. The molecule has 0 spiro atoms. The third-order valence-corrected chi connectivity index (χ3v) is 10.6. The van der Waals surface area contributed by atoms with Crippen molar-refractivity contribution in [2.75, 3.05) is 9.80 Å². The van der Waals surface area contributed by atoms with Gasteiger partial charge in [0.1, 0.15) is 0 Å². The Morgan fingerprint density at radius 1 is 0.510 bits per heavy atom. The Hall–Kier alpha value is -3.34. The average molecular weight is 938 g/mol. The van der Waals surface area contributed by atoms with Crippen molar-refractivity contribution in [1.82, 2.24) is 0 Å². The maximum atomic E-state index is 15.2. The van der Waals surface area contributed by atoms with Crippen LogP contribution in [-0.4, -0.2) is 36.0 Å². The van der Waals surface area contributed by atoms with Crippen molar-refractivity contribution < 1.29 is 45.5 Å². The third-order valence-electron chi connectivity index (χ3n) is 8.32. The van der Waals surface area contributed by atoms with Crippen molar-refractivity contribution >= 4 is 98.7 Å². The first-order valence-electron chi connectivity index (χ1n) is 13.8. The van der Waals surface area contributed by atoms with Crippen molar-refractivity contribution in [1.29, 1.82) is 0 Å². The molecular weight excluding hydrogens is 922 g/mol. The number of nitrogens with zero attached hydrogens (tertiary/aromatic N) is 2. The highest BCUT2D eigenvalue weighted by atomic mass is 79.9. The quantitative estimate of drug-likeness (QED) is 0.151. The topological polar surface area (TPSA) is 74.8 Å². The van der Waals surface area contributed by atoms with Crippen LogP contribution in [-0.2, 0) is 5.41 Å². The summed E-state index contributed by atoms with van der Waals surface area (Å²) in [6, 6.07) is 9.52. The highest BCUT2D eigenvalue weighted by molar-refractivity contribution is 9.11. The van der Waals surface area contributed by atoms with Gasteiger partial charge in [0, 0.05) is 17.9 Å². The van der Waals surface area contributed by atoms with E-state index in [0.717, 1.165) is 17.7 Å². The van der Waals surface area contributed by atoms with Gasteiger partial charge in [0.2, 0.25) is 5.41 Å². The molecule has 6 nitrogen and oxygen atoms in total. The van der Waals surface area contributed by atoms with Crippen LogP contribution >= 0.6 is 63.7 Å². The van der Waals surface area contributed by atoms with E-state index in [9.17, 15) is 19.2 Å². The van der Waals surface area contributed by atoms with Gasteiger partial charge >= 0.3 is 12.4 Å². The van der Waals surface area contributed by atoms with Crippen LogP contribution in [0.5, 0.6) is 0 Å². The Labute approximate surface area is 307 Å². The summed E-state index contributed by atoms with van der Waals surface area (Å²) in [5, 5.41) is 0. The Balaban J connectivity index is 1.53. The number of hydrogen-bond donors (Lipinski definition) is 0. The fourth-order valence-electron chi connectivity index (χ4n) is 6.28. The predicted octanol–water partition coefficient (Wildman–Crippen LogP) is 10.4. The second kappa shape index (κ2) is 11.9. The molecule has 2 heterocycles. The summed E-state index contributed by atoms with van der Waals surface area (Å²) in [4.78, 5) is 55.3. The number of rotatable bonds is 4. The van der Waals surface area contributed by atoms with Crippen LogP contribution in [0.1, 0.15) is 63.7 Å². The molecule has 6 rings (SSSR count). The first kappa shape index (κ1) is 35.5. The fraction of sp³-hybridized carbons (Fsp3) is 0.152. The highest BCUT2D eigenvalue weighted by Crippen LogP contribution is 2.57. The lowest BCUT2D eigenvalue weighted by Crippen LogP contribution is -2.55. The zero-order valence-corrected chi connectivity index (χ0v) is 30.9. The van der Waals surface area contributed by atoms with Gasteiger partial charge in [0.15, 0.2) is 0 Å². The summed E-state index contributed by atoms with van der Waals surface area (Å²) in [6.45, 7) is 3.35. The molecule has 2 aliphatic heterocycles. The second-order valence-corrected chi connectivity index (χ2v) is 14.8. The first-order chi connectivity index (χ1) is 22.7. The number of carbonyl (C=O) groups excluding carboxylic acids is 4. The minimum absolute atomic E-state index is 0.0179. The molecular formula is C33H16Br4F6N2O4. The molecule has 49 heavy (non-hydrogen) atoms. The van der Waals surface area contributed by atoms with Crippen LogP contribution in [0, 0.1) is 13.8 Å². The zero-order chi connectivity index (χ0) is 36.1. The van der Waals surface area contributed by atoms with E-state index in [1.165, 1.54) is 12.1 Å². The van der Waals surface area contributed by atoms with Gasteiger partial charge in [0.25, 0.3) is 23.6 Å². The van der Waals surface area contributed by atoms with Crippen LogP contribution in [0.2, 0.25) is 0 Å². The number of imide groups is 2. The largest absolute Gasteiger partial charge is 0.411 e. The first-order valence-corrected chi connectivity index (χ1v) is 17.0. The van der Waals surface area contributed by atoms with E-state index in [1.54, 1.807) is 26.0 Å². The summed E-state index contributed by atoms with van der Waals surface area (Å²) in [5.74, 6) is -4.19. The molecule has 4 amide bonds. The van der Waals surface area contributed by atoms with Gasteiger partial charge in [0.05, 0.1) is 33.6 Å². The van der Waals surface area contributed by atoms with E-state index in [0.29, 0.717) is 48.6 Å². The Bertz CT molecular complexity index is 1980. The molecule has 252 valence electrons. The molecule has 0 fully saturated rings. The molecule has 0 radical (unpaired) electrons. The SMILES string of the molecule is Cc1cc(C)c(N2C(=O)c3ccc(C(c4ccc5c(c4)C(=O)N(c4c(Br)cc(Br)cc4Br)C5=O)(C(F)(F)F)C(F)(F)F)cc3C2=O)c(Br)c1. The molecule has 2 aliphatic rings. The van der Waals surface area contributed by atoms with Crippen molar-refractivity contribution in [3.8, 4) is 0 Å². The van der Waals surface area contributed by atoms with Gasteiger partial charge < -0.3 is 0 Å². The van der Waals surface area contributed by atoms with Gasteiger partial charge in [-0.25, -0.2) is 9.80 Å². The normalized spacial score (nSPS) is 15.0. The smallest absolute Gasteiger partial charge is 0.268 e. The lowest BCUT2D eigenvalue weighted by atomic mass is 9.71. The molecule has 0 aromatic heterocycles. The molecule has 0 saturated heterocycles. The summed E-state index contributed by atoms with van der Waals surface area (Å²) in [7, 11) is 0. The molecule has 0 unspecified atom stereocenters. The van der Waals surface area contributed by atoms with Crippen molar-refractivity contribution in [2.45, 2.75) is 31.6 Å². The average Bonchev–Trinajstić information content (AvgIpc) is 3.35. The van der Waals surface area contributed by atoms with E-state index in [1.807, 2.05) is 0 Å². The molecule has 0 saturated carbocycles. The molecule has 0 N–H and O–H groups in total. The van der Waals surface area contributed by atoms with Crippen LogP contribution in [0.4, 0.5) is 37.7 Å². The van der Waals surface area contributed by atoms with Crippen LogP contribution in [0.3, 0.4) is 0 Å². The summed E-state index contributed by atoms with van der Waals surface area (Å²) < 4.78 is 92.5. The molecule has 0 atom stereocenters. The maximum Gasteiger partial charge on any atom is 0.411 e. The Morgan fingerprint density at radius 2 is 0.898 bits per heavy atom. The maximum absolute atomic E-state index is 15.2. The predicted molar refractivity (Wildman–Crippen MR) is 181 cm³/mol. The zero-order valence-electron chi connectivity index (χ0n) is 24.6. The lowest BCUT2D eigenvalue weighted by Gasteiger charge is -2.38. The Kier molecular flexibility index (Phi) is 8.60. The fourth-order valence-corrected chi connectivity index (χ4v) is 9.74. The van der Waals surface area contributed by atoms with Gasteiger partial charge in [-0.05, 0) is 126 Å². The van der Waals surface area contributed by atoms with E-state index >= 15 is 26.3 Å². The van der Waals surface area contributed by atoms with E-state index in [2.05, 4.69) is 63.7 Å². The minimum atomic E-state index is -6.10. The van der Waals surface area contributed by atoms with Crippen molar-refractivity contribution in [3.63, 3.8) is 0 Å². The second-order valence-electron chi connectivity index (χ2n) is 11.3. The van der Waals surface area contributed by atoms with Gasteiger partial charge in [-0.3, -0.25) is 19.2 Å². The number of carbonyl (C=O) groups is 4. The third kappa shape index (κ3) is 5.23. The summed E-state index contributed by atoms with van der Waals surface area (Å²) in [6.07, 6.45) is -12.2. The Morgan fingerprint density at radius 3 is 1.31 bits per heavy atom. The number of benzene rings is 4. The summed E-state index contributed by atoms with van der Waals surface area (Å²) >= 11 is 13.0. The number of hydrogen-bond acceptors (Lipinski definition) is 4. The summed E-state index contributed by atoms with van der Waals surface area (Å²) in [5.41, 5.74) is -8.52. The number of halogens is 10. The van der Waals surface area contributed by atoms with Crippen LogP contribution < -0.4 is 9.80 Å². The van der Waals surface area contributed by atoms with Crippen LogP contribution in [0.25, 0.3) is 0 Å². The van der Waals surface area contributed by atoms with Crippen LogP contribution in [0.15, 0.2) is 78.6 Å². The van der Waals surface area contributed by atoms with Gasteiger partial charge in [-0.15, -0.1) is 0 Å². The number of fused-ring (bicyclic) bond motifs is 2. The monoisotopic (exact) mass is 934 g/mol. The lowest BCUT2D eigenvalue weighted by molar-refractivity contribution is -0.288. The number of aryl methyl sites for hydroxylation is 2. The van der Waals surface area contributed by atoms with E-state index < -0.39 is 74.8 Å². The number of alkyl halides is 6. The van der Waals surface area contributed by atoms with Crippen molar-refractivity contribution in [3.05, 3.63) is 123 Å². The highest BCUT2D eigenvalue weighted by Gasteiger charge is 2.73. The minimum Gasteiger partial charge on any atom is -0.268 e. The van der Waals surface area contributed by atoms with E-state index in [-0.39, 0.29) is 20.3 Å². The molecule has 16 heteroatoms. The molecule has 4 aromatic rings. The van der Waals surface area contributed by atoms with Gasteiger partial charge in [-0.1, -0.05) is 34.1 Å². The molecule has 0 bridgehead atoms. The van der Waals surface area contributed by atoms with E-state index in [4.69, 9.17) is 0 Å². The molecule has 4 aromatic carbocycles. The molecule has 0 aliphatic carbocycles. The van der Waals surface area contributed by atoms with Gasteiger partial charge in [-0.2, -0.15) is 26.3 Å². The number of anilines is 2. The standard InChI is InChI=1S/C33H16Br4F6N2O4/c1-13-7-14(2)25(22(35)8-13)44-27(46)18-5-3-15(9-20(18)29(44)48)31(32(38,39)40,33(41,42)43)16-4-6-19-21(10-16)30(49)45(28(19)47)26-23(36)11-17(34)12-24(26)37/h3-12H,1-2H3. The van der Waals surface area contributed by atoms with Crippen molar-refractivity contribution in [2.24, 2.45) is 0 Å².